The molecule has 0 radical (unpaired) electrons. The number of nitrogens with zero attached hydrogens (tertiary/aromatic N) is 2. The van der Waals surface area contributed by atoms with Crippen molar-refractivity contribution >= 4 is 51.4 Å². The Morgan fingerprint density at radius 2 is 1.84 bits per heavy atom. The summed E-state index contributed by atoms with van der Waals surface area (Å²) in [5.41, 5.74) is 3.06. The van der Waals surface area contributed by atoms with Crippen molar-refractivity contribution in [2.24, 2.45) is 0 Å². The van der Waals surface area contributed by atoms with Crippen molar-refractivity contribution in [2.45, 2.75) is 18.4 Å². The molecule has 0 saturated carbocycles. The third kappa shape index (κ3) is 4.84. The summed E-state index contributed by atoms with van der Waals surface area (Å²) in [6.45, 7) is 1.56. The van der Waals surface area contributed by atoms with Gasteiger partial charge in [0.25, 0.3) is 0 Å². The van der Waals surface area contributed by atoms with Gasteiger partial charge in [-0.3, -0.25) is 9.69 Å². The second-order valence-electron chi connectivity index (χ2n) is 5.43. The van der Waals surface area contributed by atoms with Gasteiger partial charge in [-0.25, -0.2) is 4.98 Å². The number of carbonyl (C=O) groups excluding carboxylic acids is 1. The lowest BCUT2D eigenvalue weighted by Crippen LogP contribution is -2.22. The number of amides is 1. The van der Waals surface area contributed by atoms with Gasteiger partial charge in [0.05, 0.1) is 11.4 Å². The minimum atomic E-state index is -0.0408. The normalized spacial score (nSPS) is 10.6. The van der Waals surface area contributed by atoms with E-state index in [1.165, 1.54) is 16.9 Å². The van der Waals surface area contributed by atoms with Gasteiger partial charge in [0.15, 0.2) is 5.13 Å². The van der Waals surface area contributed by atoms with Crippen molar-refractivity contribution in [3.8, 4) is 0 Å². The molecule has 3 nitrogen and oxygen atoms in total. The fourth-order valence-electron chi connectivity index (χ4n) is 2.32. The molecule has 0 aliphatic heterocycles. The van der Waals surface area contributed by atoms with E-state index in [1.807, 2.05) is 60.0 Å². The molecule has 0 spiro atoms. The Balaban J connectivity index is 1.64. The average Bonchev–Trinajstić information content (AvgIpc) is 3.06. The van der Waals surface area contributed by atoms with Crippen LogP contribution in [0.3, 0.4) is 0 Å². The molecule has 1 amide bonds. The number of hydrogen-bond acceptors (Lipinski definition) is 4. The van der Waals surface area contributed by atoms with E-state index in [4.69, 9.17) is 11.6 Å². The lowest BCUT2D eigenvalue weighted by atomic mass is 10.2. The first kappa shape index (κ1) is 18.0. The molecule has 0 aliphatic carbocycles. The fraction of sp³-hybridized carbons (Fsp3) is 0.158. The van der Waals surface area contributed by atoms with E-state index in [0.29, 0.717) is 5.13 Å². The number of hydrogen-bond donors (Lipinski definition) is 0. The maximum absolute atomic E-state index is 12.1. The van der Waals surface area contributed by atoms with Crippen LogP contribution < -0.4 is 4.90 Å². The van der Waals surface area contributed by atoms with Gasteiger partial charge in [-0.05, 0) is 29.8 Å². The van der Waals surface area contributed by atoms with Crippen LogP contribution in [0.5, 0.6) is 0 Å². The number of anilines is 2. The molecular formula is C19H17ClN2OS2. The predicted molar refractivity (Wildman–Crippen MR) is 108 cm³/mol. The maximum atomic E-state index is 12.1. The summed E-state index contributed by atoms with van der Waals surface area (Å²) >= 11 is 9.19. The molecule has 0 atom stereocenters. The highest BCUT2D eigenvalue weighted by Crippen LogP contribution is 2.30. The predicted octanol–water partition coefficient (Wildman–Crippen LogP) is 5.91. The van der Waals surface area contributed by atoms with Crippen LogP contribution in [0.15, 0.2) is 60.0 Å². The molecule has 6 heteroatoms. The molecule has 3 aromatic rings. The molecule has 0 N–H and O–H groups in total. The van der Waals surface area contributed by atoms with Crippen LogP contribution in [0, 0.1) is 0 Å². The molecule has 2 aromatic carbocycles. The van der Waals surface area contributed by atoms with Crippen LogP contribution in [-0.2, 0) is 16.3 Å². The molecule has 0 saturated heterocycles. The summed E-state index contributed by atoms with van der Waals surface area (Å²) in [6, 6.07) is 17.5. The minimum absolute atomic E-state index is 0.0408. The number of aromatic nitrogens is 1. The van der Waals surface area contributed by atoms with Gasteiger partial charge in [0, 0.05) is 28.8 Å². The maximum Gasteiger partial charge on any atom is 0.230 e. The van der Waals surface area contributed by atoms with Crippen LogP contribution in [0.1, 0.15) is 18.2 Å². The highest BCUT2D eigenvalue weighted by Gasteiger charge is 2.17. The Bertz CT molecular complexity index is 834. The Morgan fingerprint density at radius 3 is 2.52 bits per heavy atom. The van der Waals surface area contributed by atoms with Gasteiger partial charge in [-0.1, -0.05) is 41.9 Å². The van der Waals surface area contributed by atoms with Gasteiger partial charge in [-0.15, -0.1) is 11.3 Å². The third-order valence-electron chi connectivity index (χ3n) is 3.49. The smallest absolute Gasteiger partial charge is 0.230 e. The number of thioether (sulfide) groups is 1. The van der Waals surface area contributed by atoms with Crippen LogP contribution >= 0.6 is 34.7 Å². The van der Waals surface area contributed by atoms with Crippen LogP contribution in [0.2, 0.25) is 5.02 Å². The lowest BCUT2D eigenvalue weighted by molar-refractivity contribution is -0.115. The SMILES string of the molecule is CC(=O)N(c1ccccc1)c1nc(CSCc2ccc(Cl)cc2)cs1. The van der Waals surface area contributed by atoms with Crippen LogP contribution in [-0.4, -0.2) is 10.9 Å². The van der Waals surface area contributed by atoms with Gasteiger partial charge in [0.1, 0.15) is 0 Å². The number of benzene rings is 2. The summed E-state index contributed by atoms with van der Waals surface area (Å²) in [7, 11) is 0. The van der Waals surface area contributed by atoms with Crippen LogP contribution in [0.4, 0.5) is 10.8 Å². The van der Waals surface area contributed by atoms with E-state index >= 15 is 0 Å². The first-order valence-corrected chi connectivity index (χ1v) is 10.2. The van der Waals surface area contributed by atoms with Crippen molar-refractivity contribution in [3.63, 3.8) is 0 Å². The van der Waals surface area contributed by atoms with E-state index in [-0.39, 0.29) is 5.91 Å². The summed E-state index contributed by atoms with van der Waals surface area (Å²) in [6.07, 6.45) is 0. The van der Waals surface area contributed by atoms with Crippen molar-refractivity contribution in [1.82, 2.24) is 4.98 Å². The van der Waals surface area contributed by atoms with E-state index in [2.05, 4.69) is 4.98 Å². The highest BCUT2D eigenvalue weighted by atomic mass is 35.5. The topological polar surface area (TPSA) is 33.2 Å². The van der Waals surface area contributed by atoms with Gasteiger partial charge in [-0.2, -0.15) is 11.8 Å². The van der Waals surface area contributed by atoms with E-state index in [0.717, 1.165) is 27.9 Å². The molecule has 0 aliphatic rings. The molecule has 3 rings (SSSR count). The Morgan fingerprint density at radius 1 is 1.12 bits per heavy atom. The minimum Gasteiger partial charge on any atom is -0.274 e. The van der Waals surface area contributed by atoms with Crippen molar-refractivity contribution in [3.05, 3.63) is 76.3 Å². The molecule has 25 heavy (non-hydrogen) atoms. The molecule has 128 valence electrons. The van der Waals surface area contributed by atoms with Crippen LogP contribution in [0.25, 0.3) is 0 Å². The Labute approximate surface area is 160 Å². The van der Waals surface area contributed by atoms with Gasteiger partial charge < -0.3 is 0 Å². The number of carbonyl (C=O) groups is 1. The second-order valence-corrected chi connectivity index (χ2v) is 7.69. The zero-order valence-corrected chi connectivity index (χ0v) is 16.1. The number of thiazole rings is 1. The monoisotopic (exact) mass is 388 g/mol. The quantitative estimate of drug-likeness (QED) is 0.525. The van der Waals surface area contributed by atoms with Gasteiger partial charge in [0.2, 0.25) is 5.91 Å². The molecule has 0 unspecified atom stereocenters. The Hall–Kier alpha value is -1.82. The summed E-state index contributed by atoms with van der Waals surface area (Å²) < 4.78 is 0. The molecule has 1 aromatic heterocycles. The second kappa shape index (κ2) is 8.52. The van der Waals surface area contributed by atoms with Gasteiger partial charge >= 0.3 is 0 Å². The van der Waals surface area contributed by atoms with Crippen molar-refractivity contribution in [2.75, 3.05) is 4.90 Å². The fourth-order valence-corrected chi connectivity index (χ4v) is 4.33. The third-order valence-corrected chi connectivity index (χ3v) is 5.66. The summed E-state index contributed by atoms with van der Waals surface area (Å²) in [5, 5.41) is 3.48. The first-order valence-electron chi connectivity index (χ1n) is 7.76. The number of para-hydroxylation sites is 1. The first-order chi connectivity index (χ1) is 12.1. The van der Waals surface area contributed by atoms with Crippen molar-refractivity contribution < 1.29 is 4.79 Å². The zero-order valence-electron chi connectivity index (χ0n) is 13.7. The Kier molecular flexibility index (Phi) is 6.13. The molecular weight excluding hydrogens is 372 g/mol. The van der Waals surface area contributed by atoms with E-state index < -0.39 is 0 Å². The van der Waals surface area contributed by atoms with Crippen molar-refractivity contribution in [1.29, 1.82) is 0 Å². The summed E-state index contributed by atoms with van der Waals surface area (Å²) in [4.78, 5) is 18.3. The molecule has 0 fully saturated rings. The number of rotatable bonds is 6. The molecule has 0 bridgehead atoms. The van der Waals surface area contributed by atoms with E-state index in [9.17, 15) is 4.79 Å². The largest absolute Gasteiger partial charge is 0.274 e. The summed E-state index contributed by atoms with van der Waals surface area (Å²) in [5.74, 6) is 1.67. The standard InChI is InChI=1S/C19H17ClN2OS2/c1-14(23)22(18-5-3-2-4-6-18)19-21-17(13-25-19)12-24-11-15-7-9-16(20)10-8-15/h2-10,13H,11-12H2,1H3. The lowest BCUT2D eigenvalue weighted by Gasteiger charge is -2.17. The van der Waals surface area contributed by atoms with E-state index in [1.54, 1.807) is 23.6 Å². The number of halogens is 1. The average molecular weight is 389 g/mol. The molecule has 1 heterocycles. The zero-order chi connectivity index (χ0) is 17.6. The highest BCUT2D eigenvalue weighted by molar-refractivity contribution is 7.97.